The highest BCUT2D eigenvalue weighted by molar-refractivity contribution is 6.18. The van der Waals surface area contributed by atoms with Crippen molar-refractivity contribution in [1.29, 1.82) is 0 Å². The molecule has 3 nitrogen and oxygen atoms in total. The number of carbonyl (C=O) groups excluding carboxylic acids is 1. The van der Waals surface area contributed by atoms with Gasteiger partial charge in [-0.2, -0.15) is 0 Å². The smallest absolute Gasteiger partial charge is 0.213 e. The molecule has 1 rings (SSSR count). The minimum absolute atomic E-state index is 0.452. The minimum Gasteiger partial charge on any atom is -0.322 e. The Bertz CT molecular complexity index is 168. The van der Waals surface area contributed by atoms with Crippen LogP contribution >= 0.6 is 11.6 Å². The molecule has 0 aliphatic carbocycles. The lowest BCUT2D eigenvalue weighted by Gasteiger charge is -2.29. The van der Waals surface area contributed by atoms with E-state index in [0.29, 0.717) is 11.8 Å². The molecule has 1 aliphatic rings. The number of nitrogens with one attached hydrogen (secondary N) is 1. The van der Waals surface area contributed by atoms with E-state index >= 15 is 0 Å². The van der Waals surface area contributed by atoms with Gasteiger partial charge in [0.15, 0.2) is 0 Å². The fraction of sp³-hybridized carbons (Fsp3) is 0.625. The second-order valence-corrected chi connectivity index (χ2v) is 3.17. The fourth-order valence-electron chi connectivity index (χ4n) is 1.09. The summed E-state index contributed by atoms with van der Waals surface area (Å²) >= 11 is 5.45. The van der Waals surface area contributed by atoms with Crippen molar-refractivity contribution in [3.05, 3.63) is 12.3 Å². The van der Waals surface area contributed by atoms with Crippen LogP contribution in [0.15, 0.2) is 12.3 Å². The summed E-state index contributed by atoms with van der Waals surface area (Å²) in [7, 11) is 0. The Morgan fingerprint density at radius 3 is 2.75 bits per heavy atom. The van der Waals surface area contributed by atoms with Crippen molar-refractivity contribution in [2.75, 3.05) is 25.5 Å². The average molecular weight is 189 g/mol. The first-order valence-corrected chi connectivity index (χ1v) is 4.54. The molecule has 1 fully saturated rings. The van der Waals surface area contributed by atoms with E-state index in [0.717, 1.165) is 26.0 Å². The number of hydrogen-bond donors (Lipinski definition) is 1. The summed E-state index contributed by atoms with van der Waals surface area (Å²) in [6.07, 6.45) is 4.34. The Morgan fingerprint density at radius 2 is 2.33 bits per heavy atom. The summed E-state index contributed by atoms with van der Waals surface area (Å²) in [5.74, 6) is 1.06. The summed E-state index contributed by atoms with van der Waals surface area (Å²) in [5.41, 5.74) is 0. The zero-order valence-electron chi connectivity index (χ0n) is 6.87. The third-order valence-corrected chi connectivity index (χ3v) is 2.03. The largest absolute Gasteiger partial charge is 0.322 e. The molecular weight excluding hydrogens is 176 g/mol. The van der Waals surface area contributed by atoms with Gasteiger partial charge in [0.25, 0.3) is 0 Å². The second kappa shape index (κ2) is 5.17. The summed E-state index contributed by atoms with van der Waals surface area (Å²) in [4.78, 5) is 12.1. The number of amides is 1. The lowest BCUT2D eigenvalue weighted by Crippen LogP contribution is -2.47. The molecule has 0 bridgehead atoms. The maximum Gasteiger partial charge on any atom is 0.213 e. The quantitative estimate of drug-likeness (QED) is 0.501. The van der Waals surface area contributed by atoms with Crippen LogP contribution in [0.1, 0.15) is 0 Å². The lowest BCUT2D eigenvalue weighted by atomic mass is 10.0. The number of rotatable bonds is 5. The molecular formula is C8H13ClN2O. The number of allylic oxidation sites excluding steroid dienone is 1. The van der Waals surface area contributed by atoms with Crippen LogP contribution in [0.3, 0.4) is 0 Å². The molecule has 0 unspecified atom stereocenters. The van der Waals surface area contributed by atoms with Gasteiger partial charge in [-0.3, -0.25) is 4.79 Å². The number of hydrogen-bond acceptors (Lipinski definition) is 2. The molecule has 0 radical (unpaired) electrons. The second-order valence-electron chi connectivity index (χ2n) is 2.87. The van der Waals surface area contributed by atoms with E-state index < -0.39 is 0 Å². The van der Waals surface area contributed by atoms with Crippen molar-refractivity contribution < 1.29 is 4.79 Å². The number of alkyl halides is 1. The molecule has 1 heterocycles. The third kappa shape index (κ3) is 2.83. The fourth-order valence-corrected chi connectivity index (χ4v) is 1.17. The molecule has 0 aromatic heterocycles. The van der Waals surface area contributed by atoms with Gasteiger partial charge >= 0.3 is 0 Å². The highest BCUT2D eigenvalue weighted by atomic mass is 35.5. The van der Waals surface area contributed by atoms with Crippen molar-refractivity contribution in [2.45, 2.75) is 0 Å². The van der Waals surface area contributed by atoms with E-state index in [9.17, 15) is 4.79 Å². The van der Waals surface area contributed by atoms with Gasteiger partial charge in [-0.25, -0.2) is 0 Å². The van der Waals surface area contributed by atoms with E-state index in [4.69, 9.17) is 11.6 Å². The molecule has 0 spiro atoms. The predicted molar refractivity (Wildman–Crippen MR) is 49.0 cm³/mol. The van der Waals surface area contributed by atoms with Crippen molar-refractivity contribution in [3.8, 4) is 0 Å². The van der Waals surface area contributed by atoms with Crippen molar-refractivity contribution in [1.82, 2.24) is 10.2 Å². The third-order valence-electron chi connectivity index (χ3n) is 1.86. The molecule has 12 heavy (non-hydrogen) atoms. The molecule has 1 N–H and O–H groups in total. The maximum atomic E-state index is 10.5. The first kappa shape index (κ1) is 9.55. The molecule has 0 aromatic carbocycles. The van der Waals surface area contributed by atoms with Crippen molar-refractivity contribution in [3.63, 3.8) is 0 Å². The van der Waals surface area contributed by atoms with Crippen LogP contribution in [-0.2, 0) is 4.79 Å². The first-order valence-electron chi connectivity index (χ1n) is 4.01. The number of halogens is 1. The summed E-state index contributed by atoms with van der Waals surface area (Å²) in [6, 6.07) is 0. The zero-order chi connectivity index (χ0) is 8.81. The van der Waals surface area contributed by atoms with Crippen molar-refractivity contribution >= 4 is 18.0 Å². The minimum atomic E-state index is 0.452. The predicted octanol–water partition coefficient (Wildman–Crippen LogP) is 0.417. The molecule has 68 valence electrons. The first-order chi connectivity index (χ1) is 5.86. The maximum absolute atomic E-state index is 10.5. The Kier molecular flexibility index (Phi) is 4.11. The number of nitrogens with zero attached hydrogens (tertiary/aromatic N) is 1. The van der Waals surface area contributed by atoms with Crippen molar-refractivity contribution in [2.24, 2.45) is 5.92 Å². The van der Waals surface area contributed by atoms with E-state index in [1.165, 1.54) is 0 Å². The Hall–Kier alpha value is -0.540. The van der Waals surface area contributed by atoms with Gasteiger partial charge in [-0.05, 0) is 0 Å². The topological polar surface area (TPSA) is 32.3 Å². The molecule has 4 heteroatoms. The van der Waals surface area contributed by atoms with Crippen LogP contribution in [0.5, 0.6) is 0 Å². The summed E-state index contributed by atoms with van der Waals surface area (Å²) in [6.45, 7) is 2.82. The van der Waals surface area contributed by atoms with Crippen LogP contribution < -0.4 is 5.32 Å². The average Bonchev–Trinajstić information content (AvgIpc) is 2.02. The van der Waals surface area contributed by atoms with Gasteiger partial charge in [0.1, 0.15) is 0 Å². The van der Waals surface area contributed by atoms with E-state index in [-0.39, 0.29) is 0 Å². The Balaban J connectivity index is 2.23. The van der Waals surface area contributed by atoms with Crippen LogP contribution in [0.2, 0.25) is 0 Å². The molecule has 1 saturated heterocycles. The van der Waals surface area contributed by atoms with Gasteiger partial charge in [-0.15, -0.1) is 11.6 Å². The zero-order valence-corrected chi connectivity index (χ0v) is 7.63. The van der Waals surface area contributed by atoms with Gasteiger partial charge in [0.05, 0.1) is 0 Å². The monoisotopic (exact) mass is 188 g/mol. The van der Waals surface area contributed by atoms with Crippen LogP contribution in [0.4, 0.5) is 0 Å². The highest BCUT2D eigenvalue weighted by Crippen LogP contribution is 2.04. The molecule has 0 aromatic rings. The van der Waals surface area contributed by atoms with Crippen LogP contribution in [0, 0.1) is 5.92 Å². The molecule has 0 saturated carbocycles. The lowest BCUT2D eigenvalue weighted by molar-refractivity contribution is -0.116. The van der Waals surface area contributed by atoms with E-state index in [1.54, 1.807) is 17.2 Å². The van der Waals surface area contributed by atoms with Gasteiger partial charge in [0, 0.05) is 37.6 Å². The van der Waals surface area contributed by atoms with Crippen LogP contribution in [0.25, 0.3) is 0 Å². The molecule has 1 aliphatic heterocycles. The number of carbonyl (C=O) groups is 1. The summed E-state index contributed by atoms with van der Waals surface area (Å²) < 4.78 is 0. The van der Waals surface area contributed by atoms with Gasteiger partial charge in [0.2, 0.25) is 6.41 Å². The van der Waals surface area contributed by atoms with Gasteiger partial charge < -0.3 is 10.2 Å². The highest BCUT2D eigenvalue weighted by Gasteiger charge is 2.18. The summed E-state index contributed by atoms with van der Waals surface area (Å²) in [5, 5.41) is 3.15. The Morgan fingerprint density at radius 1 is 1.58 bits per heavy atom. The van der Waals surface area contributed by atoms with Crippen LogP contribution in [-0.4, -0.2) is 36.8 Å². The molecule has 1 amide bonds. The van der Waals surface area contributed by atoms with Gasteiger partial charge in [-0.1, -0.05) is 6.08 Å². The molecule has 0 atom stereocenters. The normalized spacial score (nSPS) is 17.8. The standard InChI is InChI=1S/C8H13ClN2O/c9-2-1-3-11(7-12)6-8-4-10-5-8/h1,3,7-8,10H,2,4-6H2/b3-1+. The van der Waals surface area contributed by atoms with E-state index in [2.05, 4.69) is 5.32 Å². The Labute approximate surface area is 77.4 Å². The van der Waals surface area contributed by atoms with E-state index in [1.807, 2.05) is 0 Å². The SMILES string of the molecule is O=CN(/C=C/CCl)CC1CNC1.